The fraction of sp³-hybridized carbons (Fsp3) is 0.174. The number of hydrogen-bond donors (Lipinski definition) is 1. The van der Waals surface area contributed by atoms with Crippen molar-refractivity contribution in [2.24, 2.45) is 5.10 Å². The van der Waals surface area contributed by atoms with E-state index < -0.39 is 5.41 Å². The SMILES string of the molecule is CC(C)(C)c1nc2ccc(Br)cc2c(=O)n1N=Cc1c(O)ccc2ccccc12. The summed E-state index contributed by atoms with van der Waals surface area (Å²) in [6.07, 6.45) is 1.53. The Hall–Kier alpha value is -2.99. The predicted octanol–water partition coefficient (Wildman–Crippen LogP) is 5.20. The lowest BCUT2D eigenvalue weighted by atomic mass is 9.95. The first kappa shape index (κ1) is 19.3. The van der Waals surface area contributed by atoms with E-state index in [1.165, 1.54) is 10.9 Å². The number of aromatic nitrogens is 2. The number of fused-ring (bicyclic) bond motifs is 2. The van der Waals surface area contributed by atoms with Crippen LogP contribution in [0.3, 0.4) is 0 Å². The van der Waals surface area contributed by atoms with Crippen LogP contribution >= 0.6 is 15.9 Å². The molecule has 1 N–H and O–H groups in total. The molecule has 0 aliphatic heterocycles. The standard InChI is InChI=1S/C23H20BrN3O2/c1-23(2,3)22-26-19-10-9-15(24)12-17(19)21(29)27(22)25-13-18-16-7-5-4-6-14(16)8-11-20(18)28/h4-13,28H,1-3H3. The molecule has 1 aromatic heterocycles. The number of benzene rings is 3. The molecule has 0 unspecified atom stereocenters. The number of phenols is 1. The summed E-state index contributed by atoms with van der Waals surface area (Å²) in [4.78, 5) is 18.0. The summed E-state index contributed by atoms with van der Waals surface area (Å²) in [7, 11) is 0. The molecule has 29 heavy (non-hydrogen) atoms. The van der Waals surface area contributed by atoms with Gasteiger partial charge in [-0.15, -0.1) is 0 Å². The van der Waals surface area contributed by atoms with E-state index in [9.17, 15) is 9.90 Å². The van der Waals surface area contributed by atoms with Crippen LogP contribution in [-0.4, -0.2) is 21.0 Å². The first-order valence-electron chi connectivity index (χ1n) is 9.23. The minimum atomic E-state index is -0.404. The molecule has 0 saturated carbocycles. The third-order valence-corrected chi connectivity index (χ3v) is 5.22. The Bertz CT molecular complexity index is 1330. The van der Waals surface area contributed by atoms with Gasteiger partial charge in [0.05, 0.1) is 17.1 Å². The van der Waals surface area contributed by atoms with Crippen LogP contribution in [-0.2, 0) is 5.41 Å². The lowest BCUT2D eigenvalue weighted by Crippen LogP contribution is -2.29. The predicted molar refractivity (Wildman–Crippen MR) is 121 cm³/mol. The molecule has 1 heterocycles. The van der Waals surface area contributed by atoms with Crippen molar-refractivity contribution >= 4 is 43.8 Å². The van der Waals surface area contributed by atoms with Crippen LogP contribution in [0.15, 0.2) is 69.0 Å². The van der Waals surface area contributed by atoms with Crippen LogP contribution in [0.25, 0.3) is 21.7 Å². The van der Waals surface area contributed by atoms with Gasteiger partial charge in [0.2, 0.25) is 0 Å². The molecule has 3 aromatic carbocycles. The zero-order valence-electron chi connectivity index (χ0n) is 16.3. The Labute approximate surface area is 176 Å². The maximum Gasteiger partial charge on any atom is 0.282 e. The average Bonchev–Trinajstić information content (AvgIpc) is 2.68. The summed E-state index contributed by atoms with van der Waals surface area (Å²) in [5.41, 5.74) is 0.530. The Morgan fingerprint density at radius 2 is 1.83 bits per heavy atom. The Morgan fingerprint density at radius 3 is 2.59 bits per heavy atom. The van der Waals surface area contributed by atoms with Crippen LogP contribution in [0.2, 0.25) is 0 Å². The number of rotatable bonds is 2. The molecule has 0 bridgehead atoms. The molecule has 0 aliphatic rings. The molecular formula is C23H20BrN3O2. The topological polar surface area (TPSA) is 67.5 Å². The van der Waals surface area contributed by atoms with Gasteiger partial charge in [-0.05, 0) is 35.0 Å². The zero-order valence-corrected chi connectivity index (χ0v) is 17.9. The summed E-state index contributed by atoms with van der Waals surface area (Å²) < 4.78 is 2.13. The van der Waals surface area contributed by atoms with Crippen molar-refractivity contribution in [2.75, 3.05) is 0 Å². The van der Waals surface area contributed by atoms with E-state index in [2.05, 4.69) is 21.0 Å². The first-order valence-corrected chi connectivity index (χ1v) is 10.0. The van der Waals surface area contributed by atoms with Gasteiger partial charge in [0, 0.05) is 15.5 Å². The molecule has 146 valence electrons. The van der Waals surface area contributed by atoms with Crippen LogP contribution in [0.5, 0.6) is 5.75 Å². The summed E-state index contributed by atoms with van der Waals surface area (Å²) in [5, 5.41) is 17.2. The van der Waals surface area contributed by atoms with Gasteiger partial charge in [0.1, 0.15) is 11.6 Å². The van der Waals surface area contributed by atoms with Crippen molar-refractivity contribution in [1.29, 1.82) is 0 Å². The molecule has 6 heteroatoms. The van der Waals surface area contributed by atoms with E-state index in [0.717, 1.165) is 15.2 Å². The molecule has 0 spiro atoms. The third kappa shape index (κ3) is 3.56. The maximum absolute atomic E-state index is 13.2. The van der Waals surface area contributed by atoms with Gasteiger partial charge in [-0.1, -0.05) is 67.0 Å². The molecule has 0 radical (unpaired) electrons. The maximum atomic E-state index is 13.2. The van der Waals surface area contributed by atoms with E-state index in [-0.39, 0.29) is 11.3 Å². The Morgan fingerprint density at radius 1 is 1.07 bits per heavy atom. The van der Waals surface area contributed by atoms with Crippen molar-refractivity contribution in [3.05, 3.63) is 80.8 Å². The number of halogens is 1. The minimum absolute atomic E-state index is 0.106. The lowest BCUT2D eigenvalue weighted by molar-refractivity contribution is 0.475. The molecule has 4 rings (SSSR count). The van der Waals surface area contributed by atoms with Gasteiger partial charge in [-0.3, -0.25) is 4.79 Å². The van der Waals surface area contributed by atoms with Crippen molar-refractivity contribution in [3.8, 4) is 5.75 Å². The van der Waals surface area contributed by atoms with E-state index in [1.54, 1.807) is 12.1 Å². The number of aromatic hydroxyl groups is 1. The van der Waals surface area contributed by atoms with Gasteiger partial charge in [0.25, 0.3) is 5.56 Å². The second-order valence-electron chi connectivity index (χ2n) is 7.93. The average molecular weight is 450 g/mol. The van der Waals surface area contributed by atoms with Gasteiger partial charge < -0.3 is 5.11 Å². The van der Waals surface area contributed by atoms with E-state index in [1.807, 2.05) is 63.2 Å². The fourth-order valence-electron chi connectivity index (χ4n) is 3.28. The van der Waals surface area contributed by atoms with Crippen LogP contribution < -0.4 is 5.56 Å². The quantitative estimate of drug-likeness (QED) is 0.427. The van der Waals surface area contributed by atoms with Crippen LogP contribution in [0.4, 0.5) is 0 Å². The fourth-order valence-corrected chi connectivity index (χ4v) is 3.64. The highest BCUT2D eigenvalue weighted by atomic mass is 79.9. The van der Waals surface area contributed by atoms with Gasteiger partial charge in [-0.25, -0.2) is 4.98 Å². The third-order valence-electron chi connectivity index (χ3n) is 4.73. The summed E-state index contributed by atoms with van der Waals surface area (Å²) in [6.45, 7) is 5.96. The van der Waals surface area contributed by atoms with Crippen LogP contribution in [0, 0.1) is 0 Å². The zero-order chi connectivity index (χ0) is 20.8. The minimum Gasteiger partial charge on any atom is -0.507 e. The molecule has 0 fully saturated rings. The molecule has 0 aliphatic carbocycles. The molecule has 0 saturated heterocycles. The number of hydrogen-bond acceptors (Lipinski definition) is 4. The monoisotopic (exact) mass is 449 g/mol. The smallest absolute Gasteiger partial charge is 0.282 e. The van der Waals surface area contributed by atoms with Crippen molar-refractivity contribution in [3.63, 3.8) is 0 Å². The van der Waals surface area contributed by atoms with E-state index >= 15 is 0 Å². The van der Waals surface area contributed by atoms with Crippen molar-refractivity contribution < 1.29 is 5.11 Å². The van der Waals surface area contributed by atoms with Gasteiger partial charge >= 0.3 is 0 Å². The molecule has 4 aromatic rings. The second kappa shape index (κ2) is 7.12. The molecule has 0 amide bonds. The lowest BCUT2D eigenvalue weighted by Gasteiger charge is -2.21. The number of phenolic OH excluding ortho intramolecular Hbond substituents is 1. The Kier molecular flexibility index (Phi) is 4.74. The van der Waals surface area contributed by atoms with Gasteiger partial charge in [0.15, 0.2) is 0 Å². The highest BCUT2D eigenvalue weighted by molar-refractivity contribution is 9.10. The second-order valence-corrected chi connectivity index (χ2v) is 8.84. The summed E-state index contributed by atoms with van der Waals surface area (Å²) in [6, 6.07) is 16.6. The van der Waals surface area contributed by atoms with Crippen molar-refractivity contribution in [1.82, 2.24) is 9.66 Å². The van der Waals surface area contributed by atoms with Crippen molar-refractivity contribution in [2.45, 2.75) is 26.2 Å². The largest absolute Gasteiger partial charge is 0.507 e. The highest BCUT2D eigenvalue weighted by Crippen LogP contribution is 2.26. The molecule has 0 atom stereocenters. The van der Waals surface area contributed by atoms with Crippen LogP contribution in [0.1, 0.15) is 32.2 Å². The normalized spacial score (nSPS) is 12.3. The number of nitrogens with zero attached hydrogens (tertiary/aromatic N) is 3. The molecular weight excluding hydrogens is 430 g/mol. The van der Waals surface area contributed by atoms with E-state index in [0.29, 0.717) is 22.3 Å². The molecule has 5 nitrogen and oxygen atoms in total. The van der Waals surface area contributed by atoms with Gasteiger partial charge in [-0.2, -0.15) is 9.78 Å². The first-order chi connectivity index (χ1) is 13.8. The highest BCUT2D eigenvalue weighted by Gasteiger charge is 2.23. The Balaban J connectivity index is 1.98. The summed E-state index contributed by atoms with van der Waals surface area (Å²) >= 11 is 3.41. The summed E-state index contributed by atoms with van der Waals surface area (Å²) in [5.74, 6) is 0.655. The van der Waals surface area contributed by atoms with E-state index in [4.69, 9.17) is 4.98 Å².